The minimum atomic E-state index is -0.447. The number of nitrogens with one attached hydrogen (secondary N) is 1. The second-order valence-electron chi connectivity index (χ2n) is 5.46. The highest BCUT2D eigenvalue weighted by molar-refractivity contribution is 5.91. The first-order valence-corrected chi connectivity index (χ1v) is 6.78. The van der Waals surface area contributed by atoms with Crippen LogP contribution in [0.5, 0.6) is 0 Å². The molecule has 1 saturated carbocycles. The van der Waals surface area contributed by atoms with Gasteiger partial charge in [0.1, 0.15) is 5.76 Å². The van der Waals surface area contributed by atoms with E-state index in [0.29, 0.717) is 11.7 Å². The van der Waals surface area contributed by atoms with Gasteiger partial charge in [0, 0.05) is 6.08 Å². The van der Waals surface area contributed by atoms with Gasteiger partial charge in [-0.25, -0.2) is 0 Å². The van der Waals surface area contributed by atoms with Gasteiger partial charge < -0.3 is 14.8 Å². The van der Waals surface area contributed by atoms with E-state index in [2.05, 4.69) is 12.2 Å². The first kappa shape index (κ1) is 13.9. The molecule has 4 nitrogen and oxygen atoms in total. The first-order chi connectivity index (χ1) is 9.13. The van der Waals surface area contributed by atoms with Gasteiger partial charge in [-0.1, -0.05) is 6.92 Å². The average molecular weight is 263 g/mol. The molecule has 0 bridgehead atoms. The summed E-state index contributed by atoms with van der Waals surface area (Å²) in [4.78, 5) is 11.9. The maximum atomic E-state index is 11.9. The molecule has 2 N–H and O–H groups in total. The fourth-order valence-corrected chi connectivity index (χ4v) is 2.48. The third-order valence-corrected chi connectivity index (χ3v) is 3.86. The Hall–Kier alpha value is -1.55. The summed E-state index contributed by atoms with van der Waals surface area (Å²) < 4.78 is 5.12. The molecular formula is C15H21NO3. The van der Waals surface area contributed by atoms with Crippen molar-refractivity contribution in [1.82, 2.24) is 5.32 Å². The van der Waals surface area contributed by atoms with Gasteiger partial charge in [-0.2, -0.15) is 0 Å². The van der Waals surface area contributed by atoms with Crippen LogP contribution < -0.4 is 5.32 Å². The topological polar surface area (TPSA) is 62.5 Å². The Morgan fingerprint density at radius 3 is 2.89 bits per heavy atom. The summed E-state index contributed by atoms with van der Waals surface area (Å²) in [6.07, 6.45) is 8.41. The molecule has 1 aromatic heterocycles. The number of carbonyl (C=O) groups excluding carboxylic acids is 1. The van der Waals surface area contributed by atoms with Gasteiger partial charge in [0.05, 0.1) is 18.4 Å². The zero-order chi connectivity index (χ0) is 13.7. The number of rotatable bonds is 4. The van der Waals surface area contributed by atoms with Crippen molar-refractivity contribution in [3.63, 3.8) is 0 Å². The molecule has 0 atom stereocenters. The van der Waals surface area contributed by atoms with E-state index in [4.69, 9.17) is 4.42 Å². The lowest BCUT2D eigenvalue weighted by Gasteiger charge is -2.38. The van der Waals surface area contributed by atoms with E-state index in [1.807, 2.05) is 0 Å². The van der Waals surface area contributed by atoms with Crippen LogP contribution in [0, 0.1) is 5.92 Å². The van der Waals surface area contributed by atoms with E-state index in [1.54, 1.807) is 24.5 Å². The van der Waals surface area contributed by atoms with Crippen LogP contribution in [0.1, 0.15) is 38.4 Å². The zero-order valence-electron chi connectivity index (χ0n) is 11.3. The maximum absolute atomic E-state index is 11.9. The van der Waals surface area contributed by atoms with Crippen molar-refractivity contribution >= 4 is 12.0 Å². The van der Waals surface area contributed by atoms with Crippen LogP contribution in [-0.4, -0.2) is 23.2 Å². The summed E-state index contributed by atoms with van der Waals surface area (Å²) >= 11 is 0. The SMILES string of the molecule is CC1CCC(CO)(NC(=O)C=Cc2ccco2)CC1. The van der Waals surface area contributed by atoms with Crippen LogP contribution in [-0.2, 0) is 4.79 Å². The van der Waals surface area contributed by atoms with Gasteiger partial charge >= 0.3 is 0 Å². The lowest BCUT2D eigenvalue weighted by molar-refractivity contribution is -0.119. The summed E-state index contributed by atoms with van der Waals surface area (Å²) in [6, 6.07) is 3.56. The lowest BCUT2D eigenvalue weighted by Crippen LogP contribution is -2.52. The smallest absolute Gasteiger partial charge is 0.244 e. The predicted octanol–water partition coefficient (Wildman–Crippen LogP) is 2.35. The van der Waals surface area contributed by atoms with Gasteiger partial charge in [0.2, 0.25) is 5.91 Å². The predicted molar refractivity (Wildman–Crippen MR) is 73.3 cm³/mol. The van der Waals surface area contributed by atoms with Crippen molar-refractivity contribution in [1.29, 1.82) is 0 Å². The molecule has 4 heteroatoms. The minimum Gasteiger partial charge on any atom is -0.465 e. The fourth-order valence-electron chi connectivity index (χ4n) is 2.48. The highest BCUT2D eigenvalue weighted by atomic mass is 16.3. The van der Waals surface area contributed by atoms with Crippen LogP contribution in [0.4, 0.5) is 0 Å². The van der Waals surface area contributed by atoms with E-state index in [1.165, 1.54) is 6.08 Å². The van der Waals surface area contributed by atoms with Gasteiger partial charge in [-0.05, 0) is 49.8 Å². The molecule has 2 rings (SSSR count). The molecule has 1 aliphatic carbocycles. The minimum absolute atomic E-state index is 0.0000516. The zero-order valence-corrected chi connectivity index (χ0v) is 11.3. The van der Waals surface area contributed by atoms with E-state index < -0.39 is 5.54 Å². The molecule has 104 valence electrons. The Morgan fingerprint density at radius 2 is 2.32 bits per heavy atom. The highest BCUT2D eigenvalue weighted by Crippen LogP contribution is 2.31. The average Bonchev–Trinajstić information content (AvgIpc) is 2.93. The molecule has 1 fully saturated rings. The molecule has 0 unspecified atom stereocenters. The summed E-state index contributed by atoms with van der Waals surface area (Å²) in [5, 5.41) is 12.5. The highest BCUT2D eigenvalue weighted by Gasteiger charge is 2.34. The van der Waals surface area contributed by atoms with E-state index >= 15 is 0 Å². The van der Waals surface area contributed by atoms with Crippen molar-refractivity contribution in [3.8, 4) is 0 Å². The van der Waals surface area contributed by atoms with Gasteiger partial charge in [-0.3, -0.25) is 4.79 Å². The Morgan fingerprint density at radius 1 is 1.58 bits per heavy atom. The second kappa shape index (κ2) is 6.06. The molecule has 1 aliphatic rings. The molecule has 19 heavy (non-hydrogen) atoms. The number of carbonyl (C=O) groups is 1. The monoisotopic (exact) mass is 263 g/mol. The van der Waals surface area contributed by atoms with Crippen molar-refractivity contribution in [2.24, 2.45) is 5.92 Å². The van der Waals surface area contributed by atoms with Crippen molar-refractivity contribution < 1.29 is 14.3 Å². The van der Waals surface area contributed by atoms with Gasteiger partial charge in [0.15, 0.2) is 0 Å². The second-order valence-corrected chi connectivity index (χ2v) is 5.46. The normalized spacial score (nSPS) is 27.6. The van der Waals surface area contributed by atoms with E-state index in [0.717, 1.165) is 25.7 Å². The number of furan rings is 1. The Kier molecular flexibility index (Phi) is 4.43. The number of aliphatic hydroxyl groups excluding tert-OH is 1. The number of aliphatic hydroxyl groups is 1. The maximum Gasteiger partial charge on any atom is 0.244 e. The summed E-state index contributed by atoms with van der Waals surface area (Å²) in [7, 11) is 0. The Balaban J connectivity index is 1.93. The Bertz CT molecular complexity index is 428. The summed E-state index contributed by atoms with van der Waals surface area (Å²) in [5.41, 5.74) is -0.447. The molecule has 0 radical (unpaired) electrons. The Labute approximate surface area is 113 Å². The molecule has 1 aromatic rings. The van der Waals surface area contributed by atoms with Crippen LogP contribution in [0.25, 0.3) is 6.08 Å². The molecule has 0 aromatic carbocycles. The van der Waals surface area contributed by atoms with Crippen LogP contribution >= 0.6 is 0 Å². The number of hydrogen-bond donors (Lipinski definition) is 2. The van der Waals surface area contributed by atoms with Crippen LogP contribution in [0.2, 0.25) is 0 Å². The van der Waals surface area contributed by atoms with E-state index in [-0.39, 0.29) is 12.5 Å². The molecule has 1 amide bonds. The first-order valence-electron chi connectivity index (χ1n) is 6.78. The molecule has 0 saturated heterocycles. The van der Waals surface area contributed by atoms with Crippen molar-refractivity contribution in [2.45, 2.75) is 38.1 Å². The molecule has 0 aliphatic heterocycles. The summed E-state index contributed by atoms with van der Waals surface area (Å²) in [6.45, 7) is 2.21. The number of hydrogen-bond acceptors (Lipinski definition) is 3. The molecule has 1 heterocycles. The van der Waals surface area contributed by atoms with Crippen molar-refractivity contribution in [2.75, 3.05) is 6.61 Å². The van der Waals surface area contributed by atoms with Crippen LogP contribution in [0.3, 0.4) is 0 Å². The molecule has 0 spiro atoms. The fraction of sp³-hybridized carbons (Fsp3) is 0.533. The quantitative estimate of drug-likeness (QED) is 0.820. The number of amides is 1. The third kappa shape index (κ3) is 3.70. The van der Waals surface area contributed by atoms with Gasteiger partial charge in [-0.15, -0.1) is 0 Å². The van der Waals surface area contributed by atoms with Crippen LogP contribution in [0.15, 0.2) is 28.9 Å². The third-order valence-electron chi connectivity index (χ3n) is 3.86. The van der Waals surface area contributed by atoms with Gasteiger partial charge in [0.25, 0.3) is 0 Å². The molecular weight excluding hydrogens is 242 g/mol. The standard InChI is InChI=1S/C15H21NO3/c1-12-6-8-15(11-17,9-7-12)16-14(18)5-4-13-3-2-10-19-13/h2-5,10,12,17H,6-9,11H2,1H3,(H,16,18). The largest absolute Gasteiger partial charge is 0.465 e. The summed E-state index contributed by atoms with van der Waals surface area (Å²) in [5.74, 6) is 1.14. The van der Waals surface area contributed by atoms with E-state index in [9.17, 15) is 9.90 Å². The van der Waals surface area contributed by atoms with Crippen molar-refractivity contribution in [3.05, 3.63) is 30.2 Å². The lowest BCUT2D eigenvalue weighted by atomic mass is 9.77.